The lowest BCUT2D eigenvalue weighted by Gasteiger charge is -2.02. The summed E-state index contributed by atoms with van der Waals surface area (Å²) in [5.74, 6) is 2.46. The van der Waals surface area contributed by atoms with Crippen molar-refractivity contribution in [3.05, 3.63) is 36.0 Å². The van der Waals surface area contributed by atoms with Gasteiger partial charge in [0.1, 0.15) is 5.75 Å². The quantitative estimate of drug-likeness (QED) is 0.854. The molecular formula is C14H17N3O2. The van der Waals surface area contributed by atoms with Crippen molar-refractivity contribution >= 4 is 5.69 Å². The topological polar surface area (TPSA) is 74.2 Å². The first-order valence-corrected chi connectivity index (χ1v) is 6.35. The van der Waals surface area contributed by atoms with E-state index in [0.717, 1.165) is 18.0 Å². The van der Waals surface area contributed by atoms with Crippen molar-refractivity contribution in [3.8, 4) is 5.75 Å². The van der Waals surface area contributed by atoms with Crippen molar-refractivity contribution in [3.63, 3.8) is 0 Å². The Balaban J connectivity index is 1.60. The Hall–Kier alpha value is -2.04. The minimum atomic E-state index is 0.282. The summed E-state index contributed by atoms with van der Waals surface area (Å²) < 4.78 is 10.8. The van der Waals surface area contributed by atoms with Gasteiger partial charge in [0.2, 0.25) is 0 Å². The highest BCUT2D eigenvalue weighted by atomic mass is 16.5. The van der Waals surface area contributed by atoms with E-state index in [0.29, 0.717) is 22.9 Å². The molecule has 1 aromatic carbocycles. The smallest absolute Gasteiger partial charge is 0.264 e. The maximum Gasteiger partial charge on any atom is 0.264 e. The highest BCUT2D eigenvalue weighted by Crippen LogP contribution is 2.57. The van der Waals surface area contributed by atoms with Gasteiger partial charge in [-0.15, -0.1) is 0 Å². The lowest BCUT2D eigenvalue weighted by molar-refractivity contribution is 0.242. The molecule has 0 amide bonds. The van der Waals surface area contributed by atoms with E-state index in [4.69, 9.17) is 15.0 Å². The third-order valence-electron chi connectivity index (χ3n) is 3.55. The first-order valence-electron chi connectivity index (χ1n) is 6.35. The molecule has 0 bridgehead atoms. The summed E-state index contributed by atoms with van der Waals surface area (Å²) in [7, 11) is 0. The molecule has 0 spiro atoms. The van der Waals surface area contributed by atoms with Crippen LogP contribution < -0.4 is 10.5 Å². The standard InChI is InChI=1S/C14H17N3O2/c1-14(2)7-11(14)13-16-12(19-17-13)8-18-10-5-3-9(15)4-6-10/h3-6,11H,7-8,15H2,1-2H3. The van der Waals surface area contributed by atoms with Crippen LogP contribution in [0.3, 0.4) is 0 Å². The van der Waals surface area contributed by atoms with Gasteiger partial charge in [-0.05, 0) is 36.1 Å². The lowest BCUT2D eigenvalue weighted by atomic mass is 10.1. The molecule has 1 fully saturated rings. The molecule has 1 unspecified atom stereocenters. The molecule has 100 valence electrons. The van der Waals surface area contributed by atoms with Gasteiger partial charge in [-0.1, -0.05) is 19.0 Å². The minimum Gasteiger partial charge on any atom is -0.484 e. The van der Waals surface area contributed by atoms with Gasteiger partial charge in [-0.25, -0.2) is 0 Å². The summed E-state index contributed by atoms with van der Waals surface area (Å²) in [6, 6.07) is 7.22. The monoisotopic (exact) mass is 259 g/mol. The van der Waals surface area contributed by atoms with Crippen LogP contribution in [0.4, 0.5) is 5.69 Å². The van der Waals surface area contributed by atoms with Crippen molar-refractivity contribution < 1.29 is 9.26 Å². The second-order valence-electron chi connectivity index (χ2n) is 5.65. The van der Waals surface area contributed by atoms with Crippen LogP contribution in [0.15, 0.2) is 28.8 Å². The van der Waals surface area contributed by atoms with Crippen LogP contribution in [-0.2, 0) is 6.61 Å². The molecular weight excluding hydrogens is 242 g/mol. The van der Waals surface area contributed by atoms with Crippen molar-refractivity contribution in [2.24, 2.45) is 5.41 Å². The van der Waals surface area contributed by atoms with Crippen LogP contribution in [0, 0.1) is 5.41 Å². The molecule has 0 radical (unpaired) electrons. The summed E-state index contributed by atoms with van der Waals surface area (Å²) >= 11 is 0. The number of anilines is 1. The predicted molar refractivity (Wildman–Crippen MR) is 70.6 cm³/mol. The number of ether oxygens (including phenoxy) is 1. The third-order valence-corrected chi connectivity index (χ3v) is 3.55. The average molecular weight is 259 g/mol. The first-order chi connectivity index (χ1) is 9.04. The van der Waals surface area contributed by atoms with Crippen LogP contribution in [0.1, 0.15) is 37.9 Å². The van der Waals surface area contributed by atoms with Gasteiger partial charge < -0.3 is 15.0 Å². The zero-order chi connectivity index (χ0) is 13.5. The molecule has 1 aromatic heterocycles. The third kappa shape index (κ3) is 2.54. The van der Waals surface area contributed by atoms with Gasteiger partial charge in [0.15, 0.2) is 12.4 Å². The molecule has 1 heterocycles. The lowest BCUT2D eigenvalue weighted by Crippen LogP contribution is -1.97. The maximum atomic E-state index is 5.61. The van der Waals surface area contributed by atoms with Gasteiger partial charge in [0.25, 0.3) is 5.89 Å². The molecule has 0 saturated heterocycles. The van der Waals surface area contributed by atoms with Crippen molar-refractivity contribution in [1.29, 1.82) is 0 Å². The number of benzene rings is 1. The maximum absolute atomic E-state index is 5.61. The predicted octanol–water partition coefficient (Wildman–Crippen LogP) is 2.74. The highest BCUT2D eigenvalue weighted by Gasteiger charge is 2.49. The molecule has 2 aromatic rings. The Kier molecular flexibility index (Phi) is 2.69. The summed E-state index contributed by atoms with van der Waals surface area (Å²) in [4.78, 5) is 4.37. The van der Waals surface area contributed by atoms with Crippen LogP contribution in [0.5, 0.6) is 5.75 Å². The fourth-order valence-electron chi connectivity index (χ4n) is 2.09. The number of aromatic nitrogens is 2. The Morgan fingerprint density at radius 2 is 2.05 bits per heavy atom. The van der Waals surface area contributed by atoms with Gasteiger partial charge >= 0.3 is 0 Å². The van der Waals surface area contributed by atoms with Gasteiger partial charge in [-0.3, -0.25) is 0 Å². The van der Waals surface area contributed by atoms with E-state index in [2.05, 4.69) is 24.0 Å². The molecule has 3 rings (SSSR count). The molecule has 1 aliphatic carbocycles. The SMILES string of the molecule is CC1(C)CC1c1noc(COc2ccc(N)cc2)n1. The molecule has 2 N–H and O–H groups in total. The second kappa shape index (κ2) is 4.26. The molecule has 5 heteroatoms. The number of hydrogen-bond acceptors (Lipinski definition) is 5. The van der Waals surface area contributed by atoms with Crippen molar-refractivity contribution in [2.45, 2.75) is 32.8 Å². The zero-order valence-corrected chi connectivity index (χ0v) is 11.1. The van der Waals surface area contributed by atoms with E-state index in [9.17, 15) is 0 Å². The normalized spacial score (nSPS) is 20.2. The number of nitrogens with zero attached hydrogens (tertiary/aromatic N) is 2. The van der Waals surface area contributed by atoms with Crippen molar-refractivity contribution in [1.82, 2.24) is 10.1 Å². The summed E-state index contributed by atoms with van der Waals surface area (Å²) in [6.07, 6.45) is 1.12. The van der Waals surface area contributed by atoms with E-state index < -0.39 is 0 Å². The van der Waals surface area contributed by atoms with Gasteiger partial charge in [0.05, 0.1) is 0 Å². The zero-order valence-electron chi connectivity index (χ0n) is 11.1. The van der Waals surface area contributed by atoms with Crippen LogP contribution >= 0.6 is 0 Å². The molecule has 19 heavy (non-hydrogen) atoms. The Labute approximate surface area is 111 Å². The fraction of sp³-hybridized carbons (Fsp3) is 0.429. The number of nitrogens with two attached hydrogens (primary N) is 1. The van der Waals surface area contributed by atoms with Crippen LogP contribution in [0.2, 0.25) is 0 Å². The molecule has 5 nitrogen and oxygen atoms in total. The fourth-order valence-corrected chi connectivity index (χ4v) is 2.09. The van der Waals surface area contributed by atoms with E-state index in [1.54, 1.807) is 12.1 Å². The van der Waals surface area contributed by atoms with E-state index in [1.807, 2.05) is 12.1 Å². The van der Waals surface area contributed by atoms with E-state index >= 15 is 0 Å². The summed E-state index contributed by atoms with van der Waals surface area (Å²) in [5.41, 5.74) is 6.62. The number of rotatable bonds is 4. The Morgan fingerprint density at radius 3 is 2.68 bits per heavy atom. The Bertz CT molecular complexity index is 575. The first kappa shape index (κ1) is 12.0. The van der Waals surface area contributed by atoms with Crippen molar-refractivity contribution in [2.75, 3.05) is 5.73 Å². The average Bonchev–Trinajstić information content (AvgIpc) is 2.83. The molecule has 1 atom stereocenters. The largest absolute Gasteiger partial charge is 0.484 e. The van der Waals surface area contributed by atoms with Crippen LogP contribution in [-0.4, -0.2) is 10.1 Å². The molecule has 0 aliphatic heterocycles. The number of nitrogen functional groups attached to an aromatic ring is 1. The highest BCUT2D eigenvalue weighted by molar-refractivity contribution is 5.41. The molecule has 1 aliphatic rings. The minimum absolute atomic E-state index is 0.282. The van der Waals surface area contributed by atoms with Gasteiger partial charge in [-0.2, -0.15) is 4.98 Å². The number of hydrogen-bond donors (Lipinski definition) is 1. The summed E-state index contributed by atoms with van der Waals surface area (Å²) in [5, 5.41) is 4.01. The van der Waals surface area contributed by atoms with E-state index in [-0.39, 0.29) is 6.61 Å². The molecule has 1 saturated carbocycles. The van der Waals surface area contributed by atoms with E-state index in [1.165, 1.54) is 0 Å². The van der Waals surface area contributed by atoms with Gasteiger partial charge in [0, 0.05) is 11.6 Å². The Morgan fingerprint density at radius 1 is 1.37 bits per heavy atom. The summed E-state index contributed by atoms with van der Waals surface area (Å²) in [6.45, 7) is 4.70. The second-order valence-corrected chi connectivity index (χ2v) is 5.65. The van der Waals surface area contributed by atoms with Crippen LogP contribution in [0.25, 0.3) is 0 Å².